The van der Waals surface area contributed by atoms with E-state index in [2.05, 4.69) is 30.4 Å². The molecule has 0 saturated heterocycles. The second kappa shape index (κ2) is 12.0. The van der Waals surface area contributed by atoms with Crippen molar-refractivity contribution in [3.63, 3.8) is 0 Å². The Morgan fingerprint density at radius 2 is 1.84 bits per heavy atom. The van der Waals surface area contributed by atoms with Gasteiger partial charge in [0.25, 0.3) is 0 Å². The first-order chi connectivity index (χ1) is 15.0. The highest BCUT2D eigenvalue weighted by Crippen LogP contribution is 2.25. The van der Waals surface area contributed by atoms with E-state index < -0.39 is 11.6 Å². The third-order valence-electron chi connectivity index (χ3n) is 4.82. The number of hydrogen-bond acceptors (Lipinski definition) is 3. The van der Waals surface area contributed by atoms with Gasteiger partial charge in [0.15, 0.2) is 0 Å². The summed E-state index contributed by atoms with van der Waals surface area (Å²) >= 11 is 14.0. The SMILES string of the molecule is CC[C@@H](C(=O)NC(C)(C)C)N(Cc1ccc(Cl)cc1Cl)C(=O)CSCc1cccc(C)c1. The van der Waals surface area contributed by atoms with E-state index in [1.165, 1.54) is 11.1 Å². The molecule has 0 aromatic heterocycles. The fraction of sp³-hybridized carbons (Fsp3) is 0.440. The molecule has 0 unspecified atom stereocenters. The zero-order valence-corrected chi connectivity index (χ0v) is 21.7. The lowest BCUT2D eigenvalue weighted by atomic mass is 10.1. The minimum Gasteiger partial charge on any atom is -0.350 e. The highest BCUT2D eigenvalue weighted by Gasteiger charge is 2.30. The summed E-state index contributed by atoms with van der Waals surface area (Å²) in [4.78, 5) is 28.0. The van der Waals surface area contributed by atoms with E-state index in [9.17, 15) is 9.59 Å². The second-order valence-electron chi connectivity index (χ2n) is 8.90. The van der Waals surface area contributed by atoms with E-state index in [1.807, 2.05) is 33.8 Å². The molecule has 0 radical (unpaired) electrons. The average Bonchev–Trinajstić information content (AvgIpc) is 2.68. The quantitative estimate of drug-likeness (QED) is 0.447. The van der Waals surface area contributed by atoms with Crippen LogP contribution in [0, 0.1) is 6.92 Å². The first-order valence-electron chi connectivity index (χ1n) is 10.7. The number of nitrogens with zero attached hydrogens (tertiary/aromatic N) is 1. The van der Waals surface area contributed by atoms with Gasteiger partial charge < -0.3 is 10.2 Å². The van der Waals surface area contributed by atoms with Crippen LogP contribution < -0.4 is 5.32 Å². The molecule has 0 aliphatic heterocycles. The van der Waals surface area contributed by atoms with Gasteiger partial charge in [-0.1, -0.05) is 66.0 Å². The topological polar surface area (TPSA) is 49.4 Å². The molecule has 0 aliphatic carbocycles. The third kappa shape index (κ3) is 8.34. The Morgan fingerprint density at radius 3 is 2.44 bits per heavy atom. The summed E-state index contributed by atoms with van der Waals surface area (Å²) in [5, 5.41) is 4.02. The fourth-order valence-electron chi connectivity index (χ4n) is 3.35. The molecule has 2 aromatic carbocycles. The molecule has 174 valence electrons. The number of hydrogen-bond donors (Lipinski definition) is 1. The molecule has 4 nitrogen and oxygen atoms in total. The summed E-state index contributed by atoms with van der Waals surface area (Å²) in [6.07, 6.45) is 0.501. The van der Waals surface area contributed by atoms with Gasteiger partial charge in [-0.05, 0) is 57.4 Å². The van der Waals surface area contributed by atoms with Crippen molar-refractivity contribution in [1.29, 1.82) is 0 Å². The molecule has 0 saturated carbocycles. The van der Waals surface area contributed by atoms with Crippen LogP contribution in [0.2, 0.25) is 10.0 Å². The van der Waals surface area contributed by atoms with Crippen molar-refractivity contribution >= 4 is 46.8 Å². The van der Waals surface area contributed by atoms with Gasteiger partial charge in [0.05, 0.1) is 5.75 Å². The van der Waals surface area contributed by atoms with Crippen molar-refractivity contribution in [2.24, 2.45) is 0 Å². The van der Waals surface area contributed by atoms with Gasteiger partial charge in [0.1, 0.15) is 6.04 Å². The lowest BCUT2D eigenvalue weighted by Gasteiger charge is -2.33. The Morgan fingerprint density at radius 1 is 1.12 bits per heavy atom. The van der Waals surface area contributed by atoms with E-state index >= 15 is 0 Å². The predicted octanol–water partition coefficient (Wildman–Crippen LogP) is 6.26. The normalized spacial score (nSPS) is 12.3. The first kappa shape index (κ1) is 26.6. The number of nitrogens with one attached hydrogen (secondary N) is 1. The maximum Gasteiger partial charge on any atom is 0.243 e. The summed E-state index contributed by atoms with van der Waals surface area (Å²) in [6, 6.07) is 12.9. The van der Waals surface area contributed by atoms with Crippen LogP contribution in [0.4, 0.5) is 0 Å². The molecule has 2 aromatic rings. The van der Waals surface area contributed by atoms with Crippen LogP contribution in [0.15, 0.2) is 42.5 Å². The summed E-state index contributed by atoms with van der Waals surface area (Å²) in [7, 11) is 0. The third-order valence-corrected chi connectivity index (χ3v) is 6.39. The van der Waals surface area contributed by atoms with E-state index in [4.69, 9.17) is 23.2 Å². The molecule has 0 fully saturated rings. The Hall–Kier alpha value is -1.69. The number of carbonyl (C=O) groups is 2. The number of amides is 2. The number of halogens is 2. The van der Waals surface area contributed by atoms with Crippen molar-refractivity contribution in [2.45, 2.75) is 64.9 Å². The van der Waals surface area contributed by atoms with Gasteiger partial charge in [-0.2, -0.15) is 0 Å². The first-order valence-corrected chi connectivity index (χ1v) is 12.6. The lowest BCUT2D eigenvalue weighted by molar-refractivity contribution is -0.140. The zero-order chi connectivity index (χ0) is 23.9. The monoisotopic (exact) mass is 494 g/mol. The summed E-state index contributed by atoms with van der Waals surface area (Å²) < 4.78 is 0. The Bertz CT molecular complexity index is 944. The van der Waals surface area contributed by atoms with Crippen LogP contribution in [-0.4, -0.2) is 34.0 Å². The average molecular weight is 496 g/mol. The van der Waals surface area contributed by atoms with Crippen LogP contribution in [0.5, 0.6) is 0 Å². The highest BCUT2D eigenvalue weighted by molar-refractivity contribution is 7.99. The van der Waals surface area contributed by atoms with Gasteiger partial charge in [0, 0.05) is 27.9 Å². The molecular formula is C25H32Cl2N2O2S. The molecule has 2 amide bonds. The molecule has 0 spiro atoms. The van der Waals surface area contributed by atoms with Gasteiger partial charge in [0.2, 0.25) is 11.8 Å². The van der Waals surface area contributed by atoms with Crippen LogP contribution >= 0.6 is 35.0 Å². The van der Waals surface area contributed by atoms with Crippen molar-refractivity contribution in [1.82, 2.24) is 10.2 Å². The van der Waals surface area contributed by atoms with Crippen molar-refractivity contribution in [3.8, 4) is 0 Å². The highest BCUT2D eigenvalue weighted by atomic mass is 35.5. The Kier molecular flexibility index (Phi) is 9.93. The van der Waals surface area contributed by atoms with Crippen LogP contribution in [-0.2, 0) is 21.9 Å². The number of thioether (sulfide) groups is 1. The Balaban J connectivity index is 2.20. The van der Waals surface area contributed by atoms with Gasteiger partial charge >= 0.3 is 0 Å². The van der Waals surface area contributed by atoms with E-state index in [0.29, 0.717) is 16.5 Å². The zero-order valence-electron chi connectivity index (χ0n) is 19.4. The van der Waals surface area contributed by atoms with Gasteiger partial charge in [-0.15, -0.1) is 11.8 Å². The standard InChI is InChI=1S/C25H32Cl2N2O2S/c1-6-22(24(31)28-25(3,4)5)29(14-19-10-11-20(26)13-21(19)27)23(30)16-32-15-18-9-7-8-17(2)12-18/h7-13,22H,6,14-16H2,1-5H3,(H,28,31)/t22-/m0/s1. The fourth-order valence-corrected chi connectivity index (χ4v) is 4.67. The summed E-state index contributed by atoms with van der Waals surface area (Å²) in [6.45, 7) is 10.00. The number of benzene rings is 2. The minimum absolute atomic E-state index is 0.0930. The van der Waals surface area contributed by atoms with Crippen molar-refractivity contribution in [3.05, 3.63) is 69.2 Å². The smallest absolute Gasteiger partial charge is 0.243 e. The Labute approximate surface area is 206 Å². The van der Waals surface area contributed by atoms with Gasteiger partial charge in [-0.25, -0.2) is 0 Å². The molecule has 0 bridgehead atoms. The van der Waals surface area contributed by atoms with Crippen LogP contribution in [0.1, 0.15) is 50.8 Å². The molecule has 2 rings (SSSR count). The number of aryl methyl sites for hydroxylation is 1. The minimum atomic E-state index is -0.590. The van der Waals surface area contributed by atoms with E-state index in [1.54, 1.807) is 34.9 Å². The molecule has 32 heavy (non-hydrogen) atoms. The molecular weight excluding hydrogens is 463 g/mol. The number of rotatable bonds is 9. The maximum absolute atomic E-state index is 13.3. The van der Waals surface area contributed by atoms with Crippen molar-refractivity contribution < 1.29 is 9.59 Å². The van der Waals surface area contributed by atoms with E-state index in [-0.39, 0.29) is 24.1 Å². The second-order valence-corrected chi connectivity index (χ2v) is 10.7. The number of carbonyl (C=O) groups excluding carboxylic acids is 2. The molecule has 7 heteroatoms. The molecule has 1 N–H and O–H groups in total. The summed E-state index contributed by atoms with van der Waals surface area (Å²) in [5.74, 6) is 0.749. The maximum atomic E-state index is 13.3. The summed E-state index contributed by atoms with van der Waals surface area (Å²) in [5.41, 5.74) is 2.73. The van der Waals surface area contributed by atoms with Crippen LogP contribution in [0.3, 0.4) is 0 Å². The molecule has 1 atom stereocenters. The van der Waals surface area contributed by atoms with E-state index in [0.717, 1.165) is 11.3 Å². The van der Waals surface area contributed by atoms with Crippen molar-refractivity contribution in [2.75, 3.05) is 5.75 Å². The molecule has 0 heterocycles. The van der Waals surface area contributed by atoms with Gasteiger partial charge in [-0.3, -0.25) is 9.59 Å². The largest absolute Gasteiger partial charge is 0.350 e. The molecule has 0 aliphatic rings. The lowest BCUT2D eigenvalue weighted by Crippen LogP contribution is -2.53. The van der Waals surface area contributed by atoms with Crippen LogP contribution in [0.25, 0.3) is 0 Å². The predicted molar refractivity (Wildman–Crippen MR) is 136 cm³/mol.